The van der Waals surface area contributed by atoms with Gasteiger partial charge in [-0.1, -0.05) is 30.3 Å². The minimum absolute atomic E-state index is 0.126. The average Bonchev–Trinajstić information content (AvgIpc) is 3.06. The Hall–Kier alpha value is -3.09. The molecule has 0 aromatic heterocycles. The lowest BCUT2D eigenvalue weighted by atomic mass is 10.1. The number of benzene rings is 2. The van der Waals surface area contributed by atoms with Gasteiger partial charge in [0, 0.05) is 25.2 Å². The largest absolute Gasteiger partial charge is 0.493 e. The summed E-state index contributed by atoms with van der Waals surface area (Å²) in [4.78, 5) is 17.5. The molecular formula is C18H19N3O4. The van der Waals surface area contributed by atoms with Gasteiger partial charge in [-0.2, -0.15) is 0 Å². The predicted molar refractivity (Wildman–Crippen MR) is 94.5 cm³/mol. The molecule has 0 amide bonds. The van der Waals surface area contributed by atoms with E-state index in [9.17, 15) is 10.1 Å². The normalized spacial score (nSPS) is 13.5. The summed E-state index contributed by atoms with van der Waals surface area (Å²) >= 11 is 0. The monoisotopic (exact) mass is 341 g/mol. The van der Waals surface area contributed by atoms with Crippen LogP contribution in [0.5, 0.6) is 11.5 Å². The van der Waals surface area contributed by atoms with Crippen molar-refractivity contribution in [2.24, 2.45) is 4.99 Å². The predicted octanol–water partition coefficient (Wildman–Crippen LogP) is 2.87. The third kappa shape index (κ3) is 3.55. The van der Waals surface area contributed by atoms with E-state index in [1.165, 1.54) is 13.2 Å². The van der Waals surface area contributed by atoms with Gasteiger partial charge in [-0.25, -0.2) is 0 Å². The Balaban J connectivity index is 1.97. The fourth-order valence-electron chi connectivity index (χ4n) is 2.72. The van der Waals surface area contributed by atoms with Gasteiger partial charge in [-0.3, -0.25) is 15.1 Å². The van der Waals surface area contributed by atoms with E-state index in [-0.39, 0.29) is 18.0 Å². The molecule has 0 unspecified atom stereocenters. The van der Waals surface area contributed by atoms with Crippen LogP contribution in [0.4, 0.5) is 5.69 Å². The van der Waals surface area contributed by atoms with Crippen LogP contribution in [0.25, 0.3) is 0 Å². The van der Waals surface area contributed by atoms with Crippen LogP contribution in [0, 0.1) is 10.1 Å². The maximum atomic E-state index is 11.6. The topological polar surface area (TPSA) is 77.2 Å². The Morgan fingerprint density at radius 3 is 2.64 bits per heavy atom. The number of ether oxygens (including phenoxy) is 2. The number of hydrogen-bond acceptors (Lipinski definition) is 6. The van der Waals surface area contributed by atoms with Gasteiger partial charge in [0.2, 0.25) is 5.75 Å². The number of hydrogen-bond donors (Lipinski definition) is 0. The highest BCUT2D eigenvalue weighted by atomic mass is 16.6. The van der Waals surface area contributed by atoms with Crippen molar-refractivity contribution in [3.8, 4) is 11.5 Å². The summed E-state index contributed by atoms with van der Waals surface area (Å²) in [5.74, 6) is 1.17. The van der Waals surface area contributed by atoms with Gasteiger partial charge in [0.15, 0.2) is 5.75 Å². The molecule has 2 aromatic rings. The maximum absolute atomic E-state index is 11.6. The average molecular weight is 341 g/mol. The molecule has 0 atom stereocenters. The van der Waals surface area contributed by atoms with E-state index in [0.717, 1.165) is 17.9 Å². The highest BCUT2D eigenvalue weighted by Gasteiger charge is 2.26. The molecule has 0 radical (unpaired) electrons. The quantitative estimate of drug-likeness (QED) is 0.596. The van der Waals surface area contributed by atoms with E-state index in [1.54, 1.807) is 6.07 Å². The zero-order chi connectivity index (χ0) is 17.8. The molecule has 0 aliphatic carbocycles. The summed E-state index contributed by atoms with van der Waals surface area (Å²) in [6.45, 7) is 1.68. The fraction of sp³-hybridized carbons (Fsp3) is 0.278. The van der Waals surface area contributed by atoms with Crippen molar-refractivity contribution < 1.29 is 14.4 Å². The van der Waals surface area contributed by atoms with Crippen molar-refractivity contribution in [2.45, 2.75) is 6.61 Å². The van der Waals surface area contributed by atoms with Crippen LogP contribution in [-0.4, -0.2) is 42.9 Å². The molecular weight excluding hydrogens is 322 g/mol. The Morgan fingerprint density at radius 2 is 2.04 bits per heavy atom. The number of rotatable bonds is 6. The summed E-state index contributed by atoms with van der Waals surface area (Å²) in [7, 11) is 3.38. The second-order valence-corrected chi connectivity index (χ2v) is 5.69. The van der Waals surface area contributed by atoms with Crippen molar-refractivity contribution in [3.05, 3.63) is 63.7 Å². The SMILES string of the molecule is COc1cc(C2=NCCN2C)cc([N+](=O)[O-])c1OCc1ccccc1. The lowest BCUT2D eigenvalue weighted by Crippen LogP contribution is -2.23. The number of amidine groups is 1. The molecule has 0 N–H and O–H groups in total. The third-order valence-electron chi connectivity index (χ3n) is 3.99. The molecule has 25 heavy (non-hydrogen) atoms. The second kappa shape index (κ2) is 7.21. The van der Waals surface area contributed by atoms with Crippen molar-refractivity contribution in [1.82, 2.24) is 4.90 Å². The van der Waals surface area contributed by atoms with E-state index < -0.39 is 4.92 Å². The van der Waals surface area contributed by atoms with E-state index in [1.807, 2.05) is 42.3 Å². The Morgan fingerprint density at radius 1 is 1.28 bits per heavy atom. The number of nitrogens with zero attached hydrogens (tertiary/aromatic N) is 3. The smallest absolute Gasteiger partial charge is 0.315 e. The molecule has 0 bridgehead atoms. The van der Waals surface area contributed by atoms with Crippen LogP contribution < -0.4 is 9.47 Å². The van der Waals surface area contributed by atoms with Crippen LogP contribution in [0.15, 0.2) is 47.5 Å². The number of likely N-dealkylation sites (N-methyl/N-ethyl adjacent to an activating group) is 1. The summed E-state index contributed by atoms with van der Waals surface area (Å²) in [6, 6.07) is 12.7. The van der Waals surface area contributed by atoms with E-state index >= 15 is 0 Å². The second-order valence-electron chi connectivity index (χ2n) is 5.69. The van der Waals surface area contributed by atoms with Gasteiger partial charge < -0.3 is 14.4 Å². The minimum Gasteiger partial charge on any atom is -0.493 e. The first-order valence-electron chi connectivity index (χ1n) is 7.89. The molecule has 7 nitrogen and oxygen atoms in total. The molecule has 1 heterocycles. The van der Waals surface area contributed by atoms with Crippen molar-refractivity contribution >= 4 is 11.5 Å². The summed E-state index contributed by atoms with van der Waals surface area (Å²) in [5, 5.41) is 11.6. The maximum Gasteiger partial charge on any atom is 0.315 e. The summed E-state index contributed by atoms with van der Waals surface area (Å²) < 4.78 is 11.1. The van der Waals surface area contributed by atoms with Crippen molar-refractivity contribution in [1.29, 1.82) is 0 Å². The molecule has 0 fully saturated rings. The molecule has 7 heteroatoms. The highest BCUT2D eigenvalue weighted by Crippen LogP contribution is 2.39. The Bertz CT molecular complexity index is 805. The lowest BCUT2D eigenvalue weighted by molar-refractivity contribution is -0.386. The van der Waals surface area contributed by atoms with Gasteiger partial charge in [0.05, 0.1) is 18.6 Å². The first kappa shape index (κ1) is 16.8. The minimum atomic E-state index is -0.456. The standard InChI is InChI=1S/C18H19N3O4/c1-20-9-8-19-18(20)14-10-15(21(22)23)17(16(11-14)24-2)25-12-13-6-4-3-5-7-13/h3-7,10-11H,8-9,12H2,1-2H3. The number of methoxy groups -OCH3 is 1. The fourth-order valence-corrected chi connectivity index (χ4v) is 2.72. The van der Waals surface area contributed by atoms with Crippen LogP contribution in [0.2, 0.25) is 0 Å². The molecule has 0 saturated carbocycles. The zero-order valence-electron chi connectivity index (χ0n) is 14.1. The molecule has 0 saturated heterocycles. The van der Waals surface area contributed by atoms with Gasteiger partial charge in [-0.05, 0) is 11.6 Å². The number of aliphatic imine (C=N–C) groups is 1. The van der Waals surface area contributed by atoms with E-state index in [2.05, 4.69) is 4.99 Å². The highest BCUT2D eigenvalue weighted by molar-refractivity contribution is 6.01. The van der Waals surface area contributed by atoms with Gasteiger partial charge in [-0.15, -0.1) is 0 Å². The molecule has 1 aliphatic rings. The summed E-state index contributed by atoms with van der Waals surface area (Å²) in [6.07, 6.45) is 0. The molecule has 3 rings (SSSR count). The van der Waals surface area contributed by atoms with Crippen LogP contribution >= 0.6 is 0 Å². The Kier molecular flexibility index (Phi) is 4.83. The molecule has 2 aromatic carbocycles. The number of nitro groups is 1. The zero-order valence-corrected chi connectivity index (χ0v) is 14.1. The van der Waals surface area contributed by atoms with Crippen molar-refractivity contribution in [2.75, 3.05) is 27.2 Å². The molecule has 1 aliphatic heterocycles. The first-order chi connectivity index (χ1) is 12.1. The third-order valence-corrected chi connectivity index (χ3v) is 3.99. The van der Waals surface area contributed by atoms with Crippen molar-refractivity contribution in [3.63, 3.8) is 0 Å². The van der Waals surface area contributed by atoms with E-state index in [4.69, 9.17) is 9.47 Å². The Labute approximate surface area is 145 Å². The van der Waals surface area contributed by atoms with Crippen LogP contribution in [0.1, 0.15) is 11.1 Å². The number of nitro benzene ring substituents is 1. The first-order valence-corrected chi connectivity index (χ1v) is 7.89. The van der Waals surface area contributed by atoms with Crippen LogP contribution in [-0.2, 0) is 6.61 Å². The lowest BCUT2D eigenvalue weighted by Gasteiger charge is -2.16. The van der Waals surface area contributed by atoms with Gasteiger partial charge in [0.1, 0.15) is 12.4 Å². The van der Waals surface area contributed by atoms with E-state index in [0.29, 0.717) is 17.9 Å². The van der Waals surface area contributed by atoms with Crippen LogP contribution in [0.3, 0.4) is 0 Å². The van der Waals surface area contributed by atoms with Gasteiger partial charge in [0.25, 0.3) is 0 Å². The molecule has 130 valence electrons. The molecule has 0 spiro atoms. The summed E-state index contributed by atoms with van der Waals surface area (Å²) in [5.41, 5.74) is 1.44. The van der Waals surface area contributed by atoms with Gasteiger partial charge >= 0.3 is 5.69 Å².